The smallest absolute Gasteiger partial charge is 1.00 e. The maximum Gasteiger partial charge on any atom is 1.00 e. The Morgan fingerprint density at radius 2 is 1.64 bits per heavy atom. The summed E-state index contributed by atoms with van der Waals surface area (Å²) >= 11 is 0. The number of aromatic nitrogens is 3. The van der Waals surface area contributed by atoms with Gasteiger partial charge < -0.3 is 59.4 Å². The number of hydrogen-bond acceptors (Lipinski definition) is 12. The Morgan fingerprint density at radius 1 is 1.02 bits per heavy atom. The second-order valence-electron chi connectivity index (χ2n) is 9.34. The number of fused-ring (bicyclic) bond motifs is 1. The van der Waals surface area contributed by atoms with Gasteiger partial charge in [0, 0.05) is 18.2 Å². The number of nitrogens with one attached hydrogen (secondary N) is 3. The number of nitrogens with two attached hydrogens (primary N) is 1. The third kappa shape index (κ3) is 13.7. The molecular weight excluding hydrogens is 653 g/mol. The number of rotatable bonds is 14. The van der Waals surface area contributed by atoms with Crippen LogP contribution in [0.2, 0.25) is 0 Å². The summed E-state index contributed by atoms with van der Waals surface area (Å²) in [5.41, 5.74) is 7.59. The molecule has 3 aromatic rings. The largest absolute Gasteiger partial charge is 1.00 e. The number of H-pyrrole nitrogens is 2. The number of aliphatic hydroxyl groups excluding tert-OH is 5. The number of aliphatic carboxylic acids is 2. The van der Waals surface area contributed by atoms with Crippen molar-refractivity contribution in [1.29, 1.82) is 0 Å². The molecule has 0 saturated carbocycles. The van der Waals surface area contributed by atoms with Crippen LogP contribution in [-0.4, -0.2) is 112 Å². The normalized spacial score (nSPS) is 13.8. The number of carboxylic acid groups (broad SMARTS) is 2. The number of aryl methyl sites for hydroxylation is 2. The predicted octanol–water partition coefficient (Wildman–Crippen LogP) is -8.48. The van der Waals surface area contributed by atoms with Crippen molar-refractivity contribution in [1.82, 2.24) is 20.3 Å². The SMILES string of the molecule is Nc1nc2[nH]cc(CCc3ccc(C(=O)N[C@@H](CCC(=O)O)C(=O)O)cc3)c2c(=O)[nH]1.O=C[C@H](O)[C@@H](O)[C@H](O)[C@H](O)CO.[H-].[H-].[K+].[K+]. The minimum Gasteiger partial charge on any atom is -1.00 e. The Morgan fingerprint density at radius 3 is 2.18 bits per heavy atom. The van der Waals surface area contributed by atoms with Gasteiger partial charge in [-0.15, -0.1) is 0 Å². The van der Waals surface area contributed by atoms with Gasteiger partial charge in [0.1, 0.15) is 36.1 Å². The second-order valence-corrected chi connectivity index (χ2v) is 9.34. The van der Waals surface area contributed by atoms with Gasteiger partial charge in [-0.2, -0.15) is 4.98 Å². The number of carboxylic acids is 2. The first-order valence-electron chi connectivity index (χ1n) is 12.8. The Balaban J connectivity index is -0.00000105. The van der Waals surface area contributed by atoms with Gasteiger partial charge in [-0.25, -0.2) is 4.79 Å². The molecule has 12 N–H and O–H groups in total. The topological polar surface area (TPSA) is 309 Å². The maximum atomic E-state index is 12.3. The van der Waals surface area contributed by atoms with Gasteiger partial charge in [-0.3, -0.25) is 19.4 Å². The van der Waals surface area contributed by atoms with Crippen molar-refractivity contribution in [2.75, 3.05) is 12.3 Å². The molecule has 0 radical (unpaired) electrons. The molecule has 1 aromatic carbocycles. The second kappa shape index (κ2) is 21.5. The monoisotopic (exact) mass is 687 g/mol. The van der Waals surface area contributed by atoms with Gasteiger partial charge in [-0.1, -0.05) is 12.1 Å². The Bertz CT molecular complexity index is 1480. The number of carbonyl (C=O) groups is 4. The van der Waals surface area contributed by atoms with E-state index in [1.807, 2.05) is 0 Å². The fourth-order valence-electron chi connectivity index (χ4n) is 3.80. The van der Waals surface area contributed by atoms with Crippen LogP contribution in [0, 0.1) is 0 Å². The zero-order valence-corrected chi connectivity index (χ0v) is 30.8. The van der Waals surface area contributed by atoms with Crippen LogP contribution < -0.4 is 119 Å². The summed E-state index contributed by atoms with van der Waals surface area (Å²) in [6, 6.07) is 5.30. The maximum absolute atomic E-state index is 12.3. The van der Waals surface area contributed by atoms with E-state index >= 15 is 0 Å². The minimum absolute atomic E-state index is 0. The molecule has 1 amide bonds. The third-order valence-electron chi connectivity index (χ3n) is 6.21. The Kier molecular flexibility index (Phi) is 20.8. The summed E-state index contributed by atoms with van der Waals surface area (Å²) in [7, 11) is 0. The number of aromatic amines is 2. The van der Waals surface area contributed by atoms with Crippen LogP contribution in [0.1, 0.15) is 37.2 Å². The summed E-state index contributed by atoms with van der Waals surface area (Å²) in [6.07, 6.45) is -4.56. The molecule has 0 bridgehead atoms. The quantitative estimate of drug-likeness (QED) is 0.0554. The Hall–Kier alpha value is -1.41. The number of anilines is 1. The first-order valence-corrected chi connectivity index (χ1v) is 12.8. The van der Waals surface area contributed by atoms with Crippen LogP contribution in [0.5, 0.6) is 0 Å². The molecular formula is C26H35K2N5O12. The van der Waals surface area contributed by atoms with E-state index in [9.17, 15) is 24.0 Å². The molecule has 5 atom stereocenters. The number of benzene rings is 1. The fourth-order valence-corrected chi connectivity index (χ4v) is 3.80. The van der Waals surface area contributed by atoms with Crippen LogP contribution >= 0.6 is 0 Å². The van der Waals surface area contributed by atoms with Crippen molar-refractivity contribution >= 4 is 41.1 Å². The summed E-state index contributed by atoms with van der Waals surface area (Å²) in [5, 5.41) is 64.2. The van der Waals surface area contributed by atoms with Crippen molar-refractivity contribution < 1.29 is 161 Å². The van der Waals surface area contributed by atoms with Gasteiger partial charge >= 0.3 is 115 Å². The summed E-state index contributed by atoms with van der Waals surface area (Å²) in [5.74, 6) is -3.00. The minimum atomic E-state index is -1.79. The van der Waals surface area contributed by atoms with Gasteiger partial charge in [0.2, 0.25) is 5.95 Å². The van der Waals surface area contributed by atoms with E-state index in [-0.39, 0.29) is 142 Å². The molecule has 0 fully saturated rings. The molecule has 45 heavy (non-hydrogen) atoms. The fraction of sp³-hybridized carbons (Fsp3) is 0.385. The zero-order valence-electron chi connectivity index (χ0n) is 26.6. The molecule has 0 aliphatic heterocycles. The van der Waals surface area contributed by atoms with Crippen molar-refractivity contribution in [3.05, 3.63) is 57.5 Å². The molecule has 238 valence electrons. The van der Waals surface area contributed by atoms with Crippen molar-refractivity contribution in [2.24, 2.45) is 0 Å². The zero-order chi connectivity index (χ0) is 32.3. The molecule has 0 unspecified atom stereocenters. The van der Waals surface area contributed by atoms with E-state index in [0.717, 1.165) is 11.1 Å². The number of carbonyl (C=O) groups excluding carboxylic acids is 2. The number of nitrogen functional groups attached to an aromatic ring is 1. The third-order valence-corrected chi connectivity index (χ3v) is 6.21. The van der Waals surface area contributed by atoms with E-state index in [4.69, 9.17) is 41.5 Å². The average molecular weight is 688 g/mol. The van der Waals surface area contributed by atoms with E-state index < -0.39 is 54.9 Å². The molecule has 2 heterocycles. The molecule has 2 aromatic heterocycles. The van der Waals surface area contributed by atoms with Gasteiger partial charge in [0.05, 0.1) is 12.0 Å². The van der Waals surface area contributed by atoms with Crippen molar-refractivity contribution in [2.45, 2.75) is 56.1 Å². The van der Waals surface area contributed by atoms with Crippen molar-refractivity contribution in [3.63, 3.8) is 0 Å². The molecule has 17 nitrogen and oxygen atoms in total. The van der Waals surface area contributed by atoms with Crippen molar-refractivity contribution in [3.8, 4) is 0 Å². The first-order chi connectivity index (χ1) is 20.3. The van der Waals surface area contributed by atoms with Crippen LogP contribution in [0.15, 0.2) is 35.3 Å². The molecule has 0 spiro atoms. The van der Waals surface area contributed by atoms with Crippen LogP contribution in [-0.2, 0) is 27.2 Å². The predicted molar refractivity (Wildman–Crippen MR) is 150 cm³/mol. The number of nitrogens with zero attached hydrogens (tertiary/aromatic N) is 1. The van der Waals surface area contributed by atoms with Gasteiger partial charge in [0.25, 0.3) is 11.5 Å². The first kappa shape index (κ1) is 43.6. The number of amides is 1. The van der Waals surface area contributed by atoms with Crippen LogP contribution in [0.4, 0.5) is 5.95 Å². The van der Waals surface area contributed by atoms with Crippen LogP contribution in [0.3, 0.4) is 0 Å². The summed E-state index contributed by atoms with van der Waals surface area (Å²) < 4.78 is 0. The number of aldehydes is 1. The van der Waals surface area contributed by atoms with E-state index in [2.05, 4.69) is 20.3 Å². The Labute approximate surface area is 343 Å². The molecule has 19 heteroatoms. The van der Waals surface area contributed by atoms with Gasteiger partial charge in [-0.05, 0) is 42.5 Å². The molecule has 0 saturated heterocycles. The summed E-state index contributed by atoms with van der Waals surface area (Å²) in [4.78, 5) is 65.6. The molecule has 3 rings (SSSR count). The molecule has 0 aliphatic rings. The standard InChI is InChI=1S/C20H21N5O6.C6H12O6.2K.2H/c21-20-24-16-15(18(29)25-20)12(9-22-16)6-3-10-1-4-11(5-2-10)17(28)23-13(19(30)31)7-8-14(26)27;7-1-3(9)5(11)6(12)4(10)2-8;;;;/h1-2,4-5,9,13H,3,6-8H2,(H,23,28)(H,26,27)(H,30,31)(H4,21,22,24,25,29);1,3-6,8-12H,2H2;;;;/q;;2*+1;2*-1/t13-;3-,4+,5+,6+;;;;/m00..../s1. The van der Waals surface area contributed by atoms with Gasteiger partial charge in [0.15, 0.2) is 6.29 Å². The van der Waals surface area contributed by atoms with E-state index in [0.29, 0.717) is 23.9 Å². The van der Waals surface area contributed by atoms with E-state index in [1.54, 1.807) is 30.5 Å². The average Bonchev–Trinajstić information content (AvgIpc) is 3.39. The van der Waals surface area contributed by atoms with E-state index in [1.165, 1.54) is 0 Å². The van der Waals surface area contributed by atoms with Crippen LogP contribution in [0.25, 0.3) is 11.0 Å². The number of aliphatic hydroxyl groups is 5. The number of hydrogen-bond donors (Lipinski definition) is 11. The molecule has 0 aliphatic carbocycles. The summed E-state index contributed by atoms with van der Waals surface area (Å²) in [6.45, 7) is -0.760.